The van der Waals surface area contributed by atoms with Crippen LogP contribution in [-0.4, -0.2) is 36.9 Å². The maximum absolute atomic E-state index is 12.5. The fourth-order valence-corrected chi connectivity index (χ4v) is 3.18. The molecule has 0 aromatic heterocycles. The van der Waals surface area contributed by atoms with E-state index in [1.807, 2.05) is 31.9 Å². The first-order valence-corrected chi connectivity index (χ1v) is 9.67. The second kappa shape index (κ2) is 8.95. The minimum atomic E-state index is -4.75. The van der Waals surface area contributed by atoms with Crippen molar-refractivity contribution in [3.8, 4) is 5.75 Å². The molecular weight excluding hydrogens is 419 g/mol. The van der Waals surface area contributed by atoms with E-state index < -0.39 is 6.36 Å². The molecule has 0 aliphatic carbocycles. The van der Waals surface area contributed by atoms with Crippen molar-refractivity contribution in [2.75, 3.05) is 13.6 Å². The van der Waals surface area contributed by atoms with Gasteiger partial charge in [0, 0.05) is 25.6 Å². The molecule has 0 fully saturated rings. The van der Waals surface area contributed by atoms with Crippen LogP contribution in [0.25, 0.3) is 0 Å². The topological polar surface area (TPSA) is 46.4 Å². The lowest BCUT2D eigenvalue weighted by atomic mass is 9.96. The van der Waals surface area contributed by atoms with Crippen molar-refractivity contribution in [1.29, 1.82) is 0 Å². The van der Waals surface area contributed by atoms with Gasteiger partial charge < -0.3 is 14.5 Å². The van der Waals surface area contributed by atoms with E-state index >= 15 is 0 Å². The van der Waals surface area contributed by atoms with Crippen LogP contribution in [-0.2, 0) is 4.84 Å². The zero-order valence-electron chi connectivity index (χ0n) is 16.7. The summed E-state index contributed by atoms with van der Waals surface area (Å²) in [5, 5.41) is 4.55. The molecule has 2 aromatic carbocycles. The van der Waals surface area contributed by atoms with Crippen LogP contribution in [0.5, 0.6) is 5.75 Å². The highest BCUT2D eigenvalue weighted by molar-refractivity contribution is 6.33. The minimum Gasteiger partial charge on any atom is -0.406 e. The molecule has 0 bridgehead atoms. The van der Waals surface area contributed by atoms with Crippen LogP contribution in [0.3, 0.4) is 0 Å². The summed E-state index contributed by atoms with van der Waals surface area (Å²) in [4.78, 5) is 11.9. The van der Waals surface area contributed by atoms with Crippen LogP contribution in [0.15, 0.2) is 46.5 Å². The molecule has 160 valence electrons. The molecule has 0 spiro atoms. The number of ether oxygens (including phenoxy) is 1. The number of hydrogen-bond acceptors (Lipinski definition) is 4. The van der Waals surface area contributed by atoms with Gasteiger partial charge in [-0.25, -0.2) is 4.99 Å². The zero-order valence-corrected chi connectivity index (χ0v) is 17.5. The quantitative estimate of drug-likeness (QED) is 0.408. The zero-order chi connectivity index (χ0) is 21.9. The second-order valence-corrected chi connectivity index (χ2v) is 7.30. The third-order valence-corrected chi connectivity index (χ3v) is 4.95. The maximum Gasteiger partial charge on any atom is 0.573 e. The molecule has 1 heterocycles. The number of benzene rings is 2. The predicted molar refractivity (Wildman–Crippen MR) is 111 cm³/mol. The van der Waals surface area contributed by atoms with Crippen LogP contribution < -0.4 is 4.74 Å². The first kappa shape index (κ1) is 22.0. The average molecular weight is 440 g/mol. The lowest BCUT2D eigenvalue weighted by molar-refractivity contribution is -0.274. The summed E-state index contributed by atoms with van der Waals surface area (Å²) in [6.07, 6.45) is -3.03. The molecule has 1 atom stereocenters. The van der Waals surface area contributed by atoms with E-state index in [9.17, 15) is 13.2 Å². The standard InChI is InChI=1S/C21H21ClF3N3O2/c1-4-28(3)12-26-19-8-13(2)16(10-17(19)22)20-11-18(27-30-20)14-6-5-7-15(9-14)29-21(23,24)25/h5-10,12,20H,4,11H2,1-3H3/b26-12-. The summed E-state index contributed by atoms with van der Waals surface area (Å²) in [6, 6.07) is 9.34. The third-order valence-electron chi connectivity index (χ3n) is 4.64. The molecule has 0 saturated carbocycles. The monoisotopic (exact) mass is 439 g/mol. The molecule has 0 amide bonds. The number of aliphatic imine (C=N–C) groups is 1. The number of hydrogen-bond donors (Lipinski definition) is 0. The number of alkyl halides is 3. The maximum atomic E-state index is 12.5. The first-order valence-electron chi connectivity index (χ1n) is 9.29. The molecule has 1 aliphatic heterocycles. The Bertz CT molecular complexity index is 976. The number of aryl methyl sites for hydroxylation is 1. The van der Waals surface area contributed by atoms with Gasteiger partial charge >= 0.3 is 6.36 Å². The molecule has 0 radical (unpaired) electrons. The van der Waals surface area contributed by atoms with Gasteiger partial charge in [0.05, 0.1) is 22.8 Å². The van der Waals surface area contributed by atoms with E-state index in [1.54, 1.807) is 18.5 Å². The van der Waals surface area contributed by atoms with E-state index in [2.05, 4.69) is 14.9 Å². The molecule has 0 N–H and O–H groups in total. The van der Waals surface area contributed by atoms with Gasteiger partial charge in [-0.15, -0.1) is 13.2 Å². The highest BCUT2D eigenvalue weighted by atomic mass is 35.5. The average Bonchev–Trinajstić information content (AvgIpc) is 3.17. The van der Waals surface area contributed by atoms with E-state index in [0.717, 1.165) is 17.7 Å². The number of rotatable bonds is 6. The molecular formula is C21H21ClF3N3O2. The molecule has 1 unspecified atom stereocenters. The SMILES string of the molecule is CCN(C)/C=N\c1cc(C)c(C2CC(c3cccc(OC(F)(F)F)c3)=NO2)cc1Cl. The lowest BCUT2D eigenvalue weighted by Crippen LogP contribution is -2.17. The third kappa shape index (κ3) is 5.44. The largest absolute Gasteiger partial charge is 0.573 e. The van der Waals surface area contributed by atoms with E-state index in [-0.39, 0.29) is 11.9 Å². The molecule has 2 aromatic rings. The Morgan fingerprint density at radius 2 is 2.10 bits per heavy atom. The second-order valence-electron chi connectivity index (χ2n) is 6.89. The van der Waals surface area contributed by atoms with Crippen LogP contribution in [0, 0.1) is 6.92 Å². The van der Waals surface area contributed by atoms with Crippen LogP contribution in [0.2, 0.25) is 5.02 Å². The van der Waals surface area contributed by atoms with Gasteiger partial charge in [-0.1, -0.05) is 28.9 Å². The normalized spacial score (nSPS) is 16.5. The number of halogens is 4. The van der Waals surface area contributed by atoms with E-state index in [0.29, 0.717) is 28.4 Å². The first-order chi connectivity index (χ1) is 14.2. The van der Waals surface area contributed by atoms with Gasteiger partial charge in [0.25, 0.3) is 0 Å². The van der Waals surface area contributed by atoms with Crippen molar-refractivity contribution in [3.63, 3.8) is 0 Å². The summed E-state index contributed by atoms with van der Waals surface area (Å²) in [5.41, 5.74) is 3.47. The molecule has 3 rings (SSSR count). The van der Waals surface area contributed by atoms with Crippen molar-refractivity contribution >= 4 is 29.3 Å². The summed E-state index contributed by atoms with van der Waals surface area (Å²) in [7, 11) is 1.92. The Kier molecular flexibility index (Phi) is 6.55. The number of nitrogens with zero attached hydrogens (tertiary/aromatic N) is 3. The van der Waals surface area contributed by atoms with Gasteiger partial charge in [0.2, 0.25) is 0 Å². The van der Waals surface area contributed by atoms with Gasteiger partial charge in [-0.2, -0.15) is 0 Å². The summed E-state index contributed by atoms with van der Waals surface area (Å²) >= 11 is 6.39. The van der Waals surface area contributed by atoms with Gasteiger partial charge in [-0.05, 0) is 49.2 Å². The Morgan fingerprint density at radius 1 is 1.33 bits per heavy atom. The lowest BCUT2D eigenvalue weighted by Gasteiger charge is -2.14. The molecule has 0 saturated heterocycles. The Labute approximate surface area is 177 Å². The smallest absolute Gasteiger partial charge is 0.406 e. The summed E-state index contributed by atoms with van der Waals surface area (Å²) < 4.78 is 41.4. The summed E-state index contributed by atoms with van der Waals surface area (Å²) in [6.45, 7) is 4.76. The van der Waals surface area contributed by atoms with Crippen LogP contribution in [0.1, 0.15) is 36.1 Å². The molecule has 9 heteroatoms. The fourth-order valence-electron chi connectivity index (χ4n) is 2.96. The molecule has 1 aliphatic rings. The van der Waals surface area contributed by atoms with Crippen molar-refractivity contribution in [3.05, 3.63) is 58.1 Å². The highest BCUT2D eigenvalue weighted by Crippen LogP contribution is 2.37. The van der Waals surface area contributed by atoms with E-state index in [1.165, 1.54) is 18.2 Å². The Hall–Kier alpha value is -2.74. The molecule has 30 heavy (non-hydrogen) atoms. The van der Waals surface area contributed by atoms with Crippen molar-refractivity contribution in [1.82, 2.24) is 4.90 Å². The van der Waals surface area contributed by atoms with Crippen molar-refractivity contribution < 1.29 is 22.7 Å². The summed E-state index contributed by atoms with van der Waals surface area (Å²) in [5.74, 6) is -0.301. The van der Waals surface area contributed by atoms with Crippen LogP contribution in [0.4, 0.5) is 18.9 Å². The predicted octanol–water partition coefficient (Wildman–Crippen LogP) is 6.02. The molecule has 5 nitrogen and oxygen atoms in total. The van der Waals surface area contributed by atoms with Crippen LogP contribution >= 0.6 is 11.6 Å². The van der Waals surface area contributed by atoms with Gasteiger partial charge in [-0.3, -0.25) is 0 Å². The fraction of sp³-hybridized carbons (Fsp3) is 0.333. The number of oxime groups is 1. The Balaban J connectivity index is 1.76. The Morgan fingerprint density at radius 3 is 2.80 bits per heavy atom. The van der Waals surface area contributed by atoms with Gasteiger partial charge in [0.1, 0.15) is 5.75 Å². The van der Waals surface area contributed by atoms with E-state index in [4.69, 9.17) is 16.4 Å². The van der Waals surface area contributed by atoms with Gasteiger partial charge in [0.15, 0.2) is 6.10 Å². The van der Waals surface area contributed by atoms with Crippen molar-refractivity contribution in [2.45, 2.75) is 32.7 Å². The minimum absolute atomic E-state index is 0.301. The highest BCUT2D eigenvalue weighted by Gasteiger charge is 2.32. The van der Waals surface area contributed by atoms with Crippen molar-refractivity contribution in [2.24, 2.45) is 10.1 Å².